The molecule has 0 fully saturated rings. The molecule has 2 heteroatoms. The summed E-state index contributed by atoms with van der Waals surface area (Å²) in [5.41, 5.74) is 1.23. The SMILES string of the molecule is Cc1ccc(OC2=CC(C)CC=N2)cc1. The number of allylic oxidation sites excluding steroid dienone is 1. The third kappa shape index (κ3) is 2.69. The molecule has 0 aromatic heterocycles. The average Bonchev–Trinajstić information content (AvgIpc) is 2.22. The summed E-state index contributed by atoms with van der Waals surface area (Å²) in [6, 6.07) is 7.99. The molecule has 0 saturated heterocycles. The lowest BCUT2D eigenvalue weighted by Crippen LogP contribution is -2.03. The molecular formula is C13H15NO. The number of ether oxygens (including phenoxy) is 1. The van der Waals surface area contributed by atoms with E-state index in [1.165, 1.54) is 5.56 Å². The van der Waals surface area contributed by atoms with Gasteiger partial charge in [0, 0.05) is 6.21 Å². The van der Waals surface area contributed by atoms with Crippen LogP contribution in [0.5, 0.6) is 5.75 Å². The zero-order valence-electron chi connectivity index (χ0n) is 9.10. The van der Waals surface area contributed by atoms with E-state index in [1.807, 2.05) is 30.5 Å². The fourth-order valence-electron chi connectivity index (χ4n) is 1.45. The largest absolute Gasteiger partial charge is 0.439 e. The molecule has 1 atom stereocenters. The lowest BCUT2D eigenvalue weighted by Gasteiger charge is -2.12. The average molecular weight is 201 g/mol. The van der Waals surface area contributed by atoms with Crippen molar-refractivity contribution in [1.29, 1.82) is 0 Å². The second kappa shape index (κ2) is 4.30. The van der Waals surface area contributed by atoms with Crippen LogP contribution in [0.25, 0.3) is 0 Å². The first-order valence-corrected chi connectivity index (χ1v) is 5.23. The van der Waals surface area contributed by atoms with Gasteiger partial charge in [0.05, 0.1) is 0 Å². The maximum absolute atomic E-state index is 5.64. The number of hydrogen-bond acceptors (Lipinski definition) is 2. The van der Waals surface area contributed by atoms with Gasteiger partial charge in [0.1, 0.15) is 5.75 Å². The van der Waals surface area contributed by atoms with Crippen molar-refractivity contribution in [1.82, 2.24) is 0 Å². The summed E-state index contributed by atoms with van der Waals surface area (Å²) in [6.07, 6.45) is 4.97. The molecule has 0 spiro atoms. The normalized spacial score (nSPS) is 19.9. The minimum atomic E-state index is 0.517. The first-order chi connectivity index (χ1) is 7.24. The Morgan fingerprint density at radius 2 is 2.00 bits per heavy atom. The lowest BCUT2D eigenvalue weighted by molar-refractivity contribution is 0.410. The van der Waals surface area contributed by atoms with Crippen molar-refractivity contribution >= 4 is 6.21 Å². The maximum atomic E-state index is 5.64. The van der Waals surface area contributed by atoms with Gasteiger partial charge in [-0.25, -0.2) is 4.99 Å². The topological polar surface area (TPSA) is 21.6 Å². The Morgan fingerprint density at radius 1 is 1.27 bits per heavy atom. The number of hydrogen-bond donors (Lipinski definition) is 0. The number of rotatable bonds is 2. The molecule has 0 amide bonds. The van der Waals surface area contributed by atoms with E-state index in [9.17, 15) is 0 Å². The van der Waals surface area contributed by atoms with Gasteiger partial charge in [0.15, 0.2) is 0 Å². The molecule has 1 heterocycles. The van der Waals surface area contributed by atoms with E-state index in [4.69, 9.17) is 4.74 Å². The standard InChI is InChI=1S/C13H15NO/c1-10-3-5-12(6-4-10)15-13-9-11(2)7-8-14-13/h3-6,8-9,11H,7H2,1-2H3. The van der Waals surface area contributed by atoms with Crippen LogP contribution in [0.4, 0.5) is 0 Å². The molecule has 0 N–H and O–H groups in total. The van der Waals surface area contributed by atoms with E-state index >= 15 is 0 Å². The summed E-state index contributed by atoms with van der Waals surface area (Å²) in [5, 5.41) is 0. The highest BCUT2D eigenvalue weighted by atomic mass is 16.5. The number of nitrogens with zero attached hydrogens (tertiary/aromatic N) is 1. The van der Waals surface area contributed by atoms with Crippen molar-refractivity contribution in [3.05, 3.63) is 41.8 Å². The smallest absolute Gasteiger partial charge is 0.215 e. The Morgan fingerprint density at radius 3 is 2.67 bits per heavy atom. The molecule has 0 bridgehead atoms. The van der Waals surface area contributed by atoms with Crippen LogP contribution < -0.4 is 4.74 Å². The molecule has 1 aromatic rings. The van der Waals surface area contributed by atoms with Crippen LogP contribution in [0.2, 0.25) is 0 Å². The fraction of sp³-hybridized carbons (Fsp3) is 0.308. The van der Waals surface area contributed by atoms with Crippen LogP contribution in [0.15, 0.2) is 41.2 Å². The van der Waals surface area contributed by atoms with Gasteiger partial charge in [0.2, 0.25) is 5.88 Å². The van der Waals surface area contributed by atoms with Crippen molar-refractivity contribution in [2.45, 2.75) is 20.3 Å². The molecule has 15 heavy (non-hydrogen) atoms. The molecule has 1 unspecified atom stereocenters. The van der Waals surface area contributed by atoms with Crippen LogP contribution in [-0.2, 0) is 0 Å². The van der Waals surface area contributed by atoms with Crippen molar-refractivity contribution in [3.8, 4) is 5.75 Å². The van der Waals surface area contributed by atoms with Gasteiger partial charge in [0.25, 0.3) is 0 Å². The molecule has 1 aromatic carbocycles. The second-order valence-corrected chi connectivity index (χ2v) is 3.94. The van der Waals surface area contributed by atoms with E-state index in [0.717, 1.165) is 12.2 Å². The molecule has 78 valence electrons. The number of benzene rings is 1. The Labute approximate surface area is 90.3 Å². The van der Waals surface area contributed by atoms with E-state index in [0.29, 0.717) is 11.8 Å². The molecule has 2 rings (SSSR count). The predicted octanol–water partition coefficient (Wildman–Crippen LogP) is 3.33. The summed E-state index contributed by atoms with van der Waals surface area (Å²) in [6.45, 7) is 4.22. The Balaban J connectivity index is 2.09. The highest BCUT2D eigenvalue weighted by molar-refractivity contribution is 5.60. The third-order valence-electron chi connectivity index (χ3n) is 2.37. The van der Waals surface area contributed by atoms with Crippen LogP contribution >= 0.6 is 0 Å². The monoisotopic (exact) mass is 201 g/mol. The number of aryl methyl sites for hydroxylation is 1. The fourth-order valence-corrected chi connectivity index (χ4v) is 1.45. The van der Waals surface area contributed by atoms with E-state index < -0.39 is 0 Å². The summed E-state index contributed by atoms with van der Waals surface area (Å²) >= 11 is 0. The van der Waals surface area contributed by atoms with Crippen molar-refractivity contribution < 1.29 is 4.74 Å². The van der Waals surface area contributed by atoms with Gasteiger partial charge < -0.3 is 4.74 Å². The highest BCUT2D eigenvalue weighted by Gasteiger charge is 2.06. The van der Waals surface area contributed by atoms with Crippen molar-refractivity contribution in [2.24, 2.45) is 10.9 Å². The van der Waals surface area contributed by atoms with E-state index in [1.54, 1.807) is 0 Å². The molecular weight excluding hydrogens is 186 g/mol. The quantitative estimate of drug-likeness (QED) is 0.719. The minimum absolute atomic E-state index is 0.517. The van der Waals surface area contributed by atoms with Gasteiger partial charge in [-0.2, -0.15) is 0 Å². The molecule has 1 aliphatic heterocycles. The van der Waals surface area contributed by atoms with Crippen LogP contribution in [0.3, 0.4) is 0 Å². The van der Waals surface area contributed by atoms with E-state index in [2.05, 4.69) is 24.9 Å². The maximum Gasteiger partial charge on any atom is 0.215 e. The van der Waals surface area contributed by atoms with Crippen LogP contribution in [-0.4, -0.2) is 6.21 Å². The van der Waals surface area contributed by atoms with Gasteiger partial charge >= 0.3 is 0 Å². The first-order valence-electron chi connectivity index (χ1n) is 5.23. The lowest BCUT2D eigenvalue weighted by atomic mass is 10.1. The minimum Gasteiger partial charge on any atom is -0.439 e. The number of aliphatic imine (C=N–C) groups is 1. The summed E-state index contributed by atoms with van der Waals surface area (Å²) in [7, 11) is 0. The molecule has 2 nitrogen and oxygen atoms in total. The zero-order chi connectivity index (χ0) is 10.7. The van der Waals surface area contributed by atoms with Gasteiger partial charge in [-0.3, -0.25) is 0 Å². The first kappa shape index (κ1) is 9.97. The Kier molecular flexibility index (Phi) is 2.86. The summed E-state index contributed by atoms with van der Waals surface area (Å²) in [4.78, 5) is 4.21. The molecule has 1 aliphatic rings. The molecule has 0 radical (unpaired) electrons. The van der Waals surface area contributed by atoms with Crippen molar-refractivity contribution in [2.75, 3.05) is 0 Å². The third-order valence-corrected chi connectivity index (χ3v) is 2.37. The second-order valence-electron chi connectivity index (χ2n) is 3.94. The van der Waals surface area contributed by atoms with Gasteiger partial charge in [-0.15, -0.1) is 0 Å². The van der Waals surface area contributed by atoms with Crippen molar-refractivity contribution in [3.63, 3.8) is 0 Å². The Bertz CT molecular complexity index is 390. The van der Waals surface area contributed by atoms with Crippen LogP contribution in [0, 0.1) is 12.8 Å². The summed E-state index contributed by atoms with van der Waals surface area (Å²) in [5.74, 6) is 2.07. The molecule has 0 aliphatic carbocycles. The highest BCUT2D eigenvalue weighted by Crippen LogP contribution is 2.19. The molecule has 0 saturated carbocycles. The van der Waals surface area contributed by atoms with Gasteiger partial charge in [-0.1, -0.05) is 24.6 Å². The summed E-state index contributed by atoms with van der Waals surface area (Å²) < 4.78 is 5.64. The Hall–Kier alpha value is -1.57. The zero-order valence-corrected chi connectivity index (χ0v) is 9.10. The van der Waals surface area contributed by atoms with E-state index in [-0.39, 0.29) is 0 Å². The van der Waals surface area contributed by atoms with Crippen LogP contribution in [0.1, 0.15) is 18.9 Å². The predicted molar refractivity (Wildman–Crippen MR) is 62.2 cm³/mol. The van der Waals surface area contributed by atoms with Gasteiger partial charge in [-0.05, 0) is 37.5 Å².